The highest BCUT2D eigenvalue weighted by atomic mass is 35.5. The normalized spacial score (nSPS) is 30.0. The van der Waals surface area contributed by atoms with Crippen molar-refractivity contribution < 1.29 is 30.2 Å². The van der Waals surface area contributed by atoms with Crippen molar-refractivity contribution >= 4 is 41.0 Å². The number of anilines is 1. The van der Waals surface area contributed by atoms with Gasteiger partial charge in [0.15, 0.2) is 12.0 Å². The smallest absolute Gasteiger partial charge is 0.423 e. The Hall–Kier alpha value is -1.47. The number of hydrogen-bond donors (Lipinski definition) is 6. The van der Waals surface area contributed by atoms with Gasteiger partial charge < -0.3 is 29.6 Å². The zero-order chi connectivity index (χ0) is 17.6. The van der Waals surface area contributed by atoms with E-state index in [9.17, 15) is 25.5 Å². The van der Waals surface area contributed by atoms with Gasteiger partial charge in [0, 0.05) is 11.7 Å². The van der Waals surface area contributed by atoms with Crippen LogP contribution in [-0.2, 0) is 4.74 Å². The molecule has 3 rings (SSSR count). The van der Waals surface area contributed by atoms with Gasteiger partial charge in [-0.15, -0.1) is 11.6 Å². The highest BCUT2D eigenvalue weighted by Crippen LogP contribution is 2.44. The number of nitrogens with one attached hydrogen (secondary N) is 1. The van der Waals surface area contributed by atoms with Gasteiger partial charge in [0.25, 0.3) is 0 Å². The molecule has 12 heteroatoms. The Labute approximate surface area is 141 Å². The minimum atomic E-state index is -1.87. The highest BCUT2D eigenvalue weighted by Gasteiger charge is 2.53. The van der Waals surface area contributed by atoms with Crippen LogP contribution in [0, 0.1) is 0 Å². The Balaban J connectivity index is 2.21. The molecule has 1 fully saturated rings. The van der Waals surface area contributed by atoms with Crippen LogP contribution in [-0.4, -0.2) is 70.8 Å². The molecule has 3 heterocycles. The van der Waals surface area contributed by atoms with Gasteiger partial charge >= 0.3 is 7.12 Å². The summed E-state index contributed by atoms with van der Waals surface area (Å²) in [5.41, 5.74) is 2.08. The van der Waals surface area contributed by atoms with Gasteiger partial charge in [0.1, 0.15) is 29.1 Å². The van der Waals surface area contributed by atoms with E-state index >= 15 is 0 Å². The van der Waals surface area contributed by atoms with Gasteiger partial charge in [-0.25, -0.2) is 9.97 Å². The lowest BCUT2D eigenvalue weighted by atomic mass is 9.80. The third-order valence-corrected chi connectivity index (χ3v) is 4.58. The topological polar surface area (TPSA) is 153 Å². The number of ether oxygens (including phenoxy) is 1. The molecule has 10 nitrogen and oxygen atoms in total. The van der Waals surface area contributed by atoms with Crippen LogP contribution in [0.5, 0.6) is 0 Å². The molecule has 1 saturated heterocycles. The molecular weight excluding hydrogens is 342 g/mol. The third-order valence-electron chi connectivity index (χ3n) is 4.17. The minimum absolute atomic E-state index is 0.0140. The van der Waals surface area contributed by atoms with Gasteiger partial charge in [0.2, 0.25) is 0 Å². The second kappa shape index (κ2) is 6.12. The molecule has 0 bridgehead atoms. The monoisotopic (exact) mass is 358 g/mol. The summed E-state index contributed by atoms with van der Waals surface area (Å²) in [6, 6.07) is 0. The SMILES string of the molecule is C[C@@]1(Cl)[C@H](O)[C@@H](CO)O[C@H]1n1cc(B(O)O)c2c(NO)ncnc21. The van der Waals surface area contributed by atoms with E-state index < -0.39 is 37.0 Å². The van der Waals surface area contributed by atoms with Gasteiger partial charge in [-0.2, -0.15) is 0 Å². The average Bonchev–Trinajstić information content (AvgIpc) is 3.04. The number of alkyl halides is 1. The van der Waals surface area contributed by atoms with Crippen LogP contribution in [0.2, 0.25) is 0 Å². The molecule has 0 saturated carbocycles. The van der Waals surface area contributed by atoms with Crippen molar-refractivity contribution in [3.8, 4) is 0 Å². The summed E-state index contributed by atoms with van der Waals surface area (Å²) in [6.45, 7) is 1.10. The molecule has 4 atom stereocenters. The van der Waals surface area contributed by atoms with Crippen molar-refractivity contribution in [3.05, 3.63) is 12.5 Å². The van der Waals surface area contributed by atoms with Gasteiger partial charge in [0.05, 0.1) is 12.0 Å². The van der Waals surface area contributed by atoms with Crippen LogP contribution in [0.1, 0.15) is 13.2 Å². The molecule has 0 unspecified atom stereocenters. The highest BCUT2D eigenvalue weighted by molar-refractivity contribution is 6.62. The van der Waals surface area contributed by atoms with Gasteiger partial charge in [-0.3, -0.25) is 10.7 Å². The van der Waals surface area contributed by atoms with Gasteiger partial charge in [-0.05, 0) is 6.92 Å². The molecule has 0 aromatic carbocycles. The van der Waals surface area contributed by atoms with Crippen LogP contribution in [0.15, 0.2) is 12.5 Å². The number of aliphatic hydroxyl groups excluding tert-OH is 2. The second-order valence-electron chi connectivity index (χ2n) is 5.70. The molecule has 0 spiro atoms. The quantitative estimate of drug-likeness (QED) is 0.210. The number of hydrogen-bond acceptors (Lipinski definition) is 9. The van der Waals surface area contributed by atoms with E-state index in [1.165, 1.54) is 17.7 Å². The Morgan fingerprint density at radius 1 is 1.46 bits per heavy atom. The molecule has 0 radical (unpaired) electrons. The summed E-state index contributed by atoms with van der Waals surface area (Å²) in [7, 11) is -1.87. The number of fused-ring (bicyclic) bond motifs is 1. The third kappa shape index (κ3) is 2.45. The first-order valence-corrected chi connectivity index (χ1v) is 7.45. The zero-order valence-corrected chi connectivity index (χ0v) is 13.3. The first-order valence-electron chi connectivity index (χ1n) is 7.07. The fourth-order valence-electron chi connectivity index (χ4n) is 2.94. The van der Waals surface area contributed by atoms with Crippen molar-refractivity contribution in [1.82, 2.24) is 14.5 Å². The lowest BCUT2D eigenvalue weighted by Crippen LogP contribution is -2.39. The van der Waals surface area contributed by atoms with Crippen LogP contribution < -0.4 is 10.9 Å². The van der Waals surface area contributed by atoms with E-state index in [0.717, 1.165) is 6.33 Å². The maximum Gasteiger partial charge on any atom is 0.490 e. The molecule has 2 aromatic rings. The van der Waals surface area contributed by atoms with Crippen molar-refractivity contribution in [2.75, 3.05) is 12.1 Å². The first kappa shape index (κ1) is 17.4. The molecule has 6 N–H and O–H groups in total. The van der Waals surface area contributed by atoms with E-state index in [2.05, 4.69) is 9.97 Å². The molecule has 1 aliphatic rings. The molecule has 1 aliphatic heterocycles. The molecule has 24 heavy (non-hydrogen) atoms. The fourth-order valence-corrected chi connectivity index (χ4v) is 3.23. The number of halogens is 1. The average molecular weight is 359 g/mol. The summed E-state index contributed by atoms with van der Waals surface area (Å²) in [5.74, 6) is -0.0321. The number of nitrogens with zero attached hydrogens (tertiary/aromatic N) is 3. The Bertz CT molecular complexity index is 756. The van der Waals surface area contributed by atoms with E-state index in [1.54, 1.807) is 0 Å². The predicted molar refractivity (Wildman–Crippen MR) is 84.0 cm³/mol. The fraction of sp³-hybridized carbons (Fsp3) is 0.500. The van der Waals surface area contributed by atoms with Crippen molar-refractivity contribution in [2.24, 2.45) is 0 Å². The van der Waals surface area contributed by atoms with E-state index in [0.29, 0.717) is 0 Å². The standard InChI is InChI=1S/C12H16BClN4O6/c1-12(14)8(20)6(3-19)24-11(12)18-2-5(13(21)22)7-9(17-23)15-4-16-10(7)18/h2,4,6,8,11,19-23H,3H2,1H3,(H,15,16,17)/t6-,8-,11-,12-/m1/s1. The zero-order valence-electron chi connectivity index (χ0n) is 12.5. The lowest BCUT2D eigenvalue weighted by Gasteiger charge is -2.26. The second-order valence-corrected chi connectivity index (χ2v) is 6.52. The maximum atomic E-state index is 10.2. The summed E-state index contributed by atoms with van der Waals surface area (Å²) >= 11 is 6.41. The van der Waals surface area contributed by atoms with Crippen LogP contribution in [0.4, 0.5) is 5.82 Å². The first-order chi connectivity index (χ1) is 11.3. The van der Waals surface area contributed by atoms with Crippen LogP contribution in [0.3, 0.4) is 0 Å². The summed E-state index contributed by atoms with van der Waals surface area (Å²) in [4.78, 5) is 6.58. The Morgan fingerprint density at radius 2 is 2.17 bits per heavy atom. The van der Waals surface area contributed by atoms with Gasteiger partial charge in [-0.1, -0.05) is 0 Å². The van der Waals surface area contributed by atoms with Crippen LogP contribution >= 0.6 is 11.6 Å². The predicted octanol–water partition coefficient (Wildman–Crippen LogP) is -1.84. The van der Waals surface area contributed by atoms with Crippen molar-refractivity contribution in [2.45, 2.75) is 30.2 Å². The summed E-state index contributed by atoms with van der Waals surface area (Å²) in [6.07, 6.45) is -0.530. The molecular formula is C12H16BClN4O6. The number of aromatic nitrogens is 3. The van der Waals surface area contributed by atoms with Crippen molar-refractivity contribution in [1.29, 1.82) is 0 Å². The summed E-state index contributed by atoms with van der Waals surface area (Å²) in [5, 5.41) is 48.1. The van der Waals surface area contributed by atoms with E-state index in [1.807, 2.05) is 5.48 Å². The maximum absolute atomic E-state index is 10.2. The Morgan fingerprint density at radius 3 is 2.71 bits per heavy atom. The van der Waals surface area contributed by atoms with Crippen molar-refractivity contribution in [3.63, 3.8) is 0 Å². The molecule has 2 aromatic heterocycles. The molecule has 130 valence electrons. The minimum Gasteiger partial charge on any atom is -0.423 e. The number of rotatable bonds is 4. The largest absolute Gasteiger partial charge is 0.490 e. The van der Waals surface area contributed by atoms with E-state index in [4.69, 9.17) is 16.3 Å². The Kier molecular flexibility index (Phi) is 4.42. The molecule has 0 aliphatic carbocycles. The molecule has 0 amide bonds. The van der Waals surface area contributed by atoms with E-state index in [-0.39, 0.29) is 22.3 Å². The number of aliphatic hydroxyl groups is 2. The van der Waals surface area contributed by atoms with Crippen LogP contribution in [0.25, 0.3) is 11.0 Å². The lowest BCUT2D eigenvalue weighted by molar-refractivity contribution is -0.0439. The summed E-state index contributed by atoms with van der Waals surface area (Å²) < 4.78 is 7.02.